The summed E-state index contributed by atoms with van der Waals surface area (Å²) >= 11 is 0. The Labute approximate surface area is 186 Å². The van der Waals surface area contributed by atoms with Crippen molar-refractivity contribution >= 4 is 11.9 Å². The molecule has 1 fully saturated rings. The Morgan fingerprint density at radius 2 is 1.52 bits per heavy atom. The van der Waals surface area contributed by atoms with Crippen LogP contribution in [0.25, 0.3) is 0 Å². The molecule has 2 rings (SSSR count). The molecule has 0 aromatic heterocycles. The van der Waals surface area contributed by atoms with Gasteiger partial charge in [-0.25, -0.2) is 9.59 Å². The third kappa shape index (κ3) is 12.4. The average Bonchev–Trinajstić information content (AvgIpc) is 2.71. The molecule has 0 bridgehead atoms. The van der Waals surface area contributed by atoms with Crippen LogP contribution >= 0.6 is 0 Å². The lowest BCUT2D eigenvalue weighted by Crippen LogP contribution is -2.34. The number of hydrogen-bond donors (Lipinski definition) is 2. The van der Waals surface area contributed by atoms with Crippen LogP contribution in [0.2, 0.25) is 0 Å². The number of carboxylic acids is 2. The van der Waals surface area contributed by atoms with Crippen molar-refractivity contribution in [2.45, 2.75) is 58.8 Å². The Bertz CT molecular complexity index is 633. The summed E-state index contributed by atoms with van der Waals surface area (Å²) in [7, 11) is 0. The molecule has 2 N–H and O–H groups in total. The van der Waals surface area contributed by atoms with Gasteiger partial charge >= 0.3 is 11.9 Å². The third-order valence-corrected chi connectivity index (χ3v) is 5.24. The number of aliphatic carboxylic acids is 2. The van der Waals surface area contributed by atoms with E-state index in [1.54, 1.807) is 0 Å². The first kappa shape index (κ1) is 26.9. The van der Waals surface area contributed by atoms with Crippen LogP contribution in [0.15, 0.2) is 24.3 Å². The van der Waals surface area contributed by atoms with Gasteiger partial charge in [-0.3, -0.25) is 0 Å². The number of nitrogens with zero attached hydrogens (tertiary/aromatic N) is 1. The van der Waals surface area contributed by atoms with Gasteiger partial charge in [-0.15, -0.1) is 0 Å². The van der Waals surface area contributed by atoms with Crippen molar-refractivity contribution in [2.24, 2.45) is 5.92 Å². The molecular formula is C24H39NO6. The molecule has 0 spiro atoms. The fraction of sp³-hybridized carbons (Fsp3) is 0.667. The highest BCUT2D eigenvalue weighted by Gasteiger charge is 2.15. The third-order valence-electron chi connectivity index (χ3n) is 5.24. The molecule has 7 heteroatoms. The highest BCUT2D eigenvalue weighted by molar-refractivity contribution is 6.27. The molecule has 0 atom stereocenters. The van der Waals surface area contributed by atoms with Gasteiger partial charge in [-0.1, -0.05) is 39.8 Å². The molecule has 7 nitrogen and oxygen atoms in total. The number of carboxylic acid groups (broad SMARTS) is 2. The van der Waals surface area contributed by atoms with E-state index in [0.29, 0.717) is 0 Å². The monoisotopic (exact) mass is 437 g/mol. The van der Waals surface area contributed by atoms with E-state index >= 15 is 0 Å². The maximum absolute atomic E-state index is 9.10. The first-order valence-electron chi connectivity index (χ1n) is 11.1. The van der Waals surface area contributed by atoms with Crippen LogP contribution in [0.5, 0.6) is 5.75 Å². The molecule has 0 saturated carbocycles. The Morgan fingerprint density at radius 3 is 2.03 bits per heavy atom. The first-order valence-corrected chi connectivity index (χ1v) is 11.1. The van der Waals surface area contributed by atoms with Gasteiger partial charge in [0.05, 0.1) is 6.61 Å². The van der Waals surface area contributed by atoms with Crippen molar-refractivity contribution in [3.8, 4) is 5.75 Å². The smallest absolute Gasteiger partial charge is 0.414 e. The number of likely N-dealkylation sites (tertiary alicyclic amines) is 1. The lowest BCUT2D eigenvalue weighted by molar-refractivity contribution is -0.159. The second kappa shape index (κ2) is 14.0. The number of carbonyl (C=O) groups is 2. The second-order valence-corrected chi connectivity index (χ2v) is 9.08. The lowest BCUT2D eigenvalue weighted by atomic mass is 9.87. The standard InChI is InChI=1S/C22H37NO2.C2H2O4/c1-19-11-14-23(15-12-19)13-5-16-24-17-6-18-25-21-9-7-20(8-10-21)22(2,3)4;3-1(4)2(5)6/h7-10,19H,5-6,11-18H2,1-4H3;(H,3,4)(H,5,6). The topological polar surface area (TPSA) is 96.3 Å². The van der Waals surface area contributed by atoms with Crippen LogP contribution in [0, 0.1) is 5.92 Å². The number of rotatable bonds is 9. The fourth-order valence-corrected chi connectivity index (χ4v) is 3.18. The maximum atomic E-state index is 9.10. The Morgan fingerprint density at radius 1 is 0.968 bits per heavy atom. The quantitative estimate of drug-likeness (QED) is 0.444. The molecule has 1 aromatic carbocycles. The molecule has 0 aliphatic carbocycles. The van der Waals surface area contributed by atoms with E-state index in [9.17, 15) is 0 Å². The van der Waals surface area contributed by atoms with E-state index in [-0.39, 0.29) is 5.41 Å². The molecule has 0 amide bonds. The lowest BCUT2D eigenvalue weighted by Gasteiger charge is -2.30. The summed E-state index contributed by atoms with van der Waals surface area (Å²) in [4.78, 5) is 20.8. The Hall–Kier alpha value is -2.12. The Kier molecular flexibility index (Phi) is 12.2. The predicted molar refractivity (Wildman–Crippen MR) is 121 cm³/mol. The summed E-state index contributed by atoms with van der Waals surface area (Å²) in [5.41, 5.74) is 1.53. The minimum Gasteiger partial charge on any atom is -0.494 e. The summed E-state index contributed by atoms with van der Waals surface area (Å²) in [5.74, 6) is -1.78. The SMILES string of the molecule is CC1CCN(CCCOCCCOc2ccc(C(C)(C)C)cc2)CC1.O=C(O)C(=O)O. The minimum absolute atomic E-state index is 0.193. The Balaban J connectivity index is 0.000000703. The summed E-state index contributed by atoms with van der Waals surface area (Å²) in [6, 6.07) is 8.46. The molecule has 176 valence electrons. The van der Waals surface area contributed by atoms with E-state index in [4.69, 9.17) is 29.3 Å². The molecule has 1 saturated heterocycles. The van der Waals surface area contributed by atoms with Crippen LogP contribution in [-0.4, -0.2) is 66.5 Å². The minimum atomic E-state index is -1.82. The normalized spacial score (nSPS) is 15.1. The number of hydrogen-bond acceptors (Lipinski definition) is 5. The first-order chi connectivity index (χ1) is 14.6. The molecule has 1 aromatic rings. The molecule has 1 aliphatic heterocycles. The van der Waals surface area contributed by atoms with Crippen molar-refractivity contribution in [1.82, 2.24) is 4.90 Å². The molecule has 31 heavy (non-hydrogen) atoms. The van der Waals surface area contributed by atoms with Gasteiger partial charge in [0.25, 0.3) is 0 Å². The summed E-state index contributed by atoms with van der Waals surface area (Å²) < 4.78 is 11.5. The number of ether oxygens (including phenoxy) is 2. The number of piperidine rings is 1. The van der Waals surface area contributed by atoms with Gasteiger partial charge < -0.3 is 24.6 Å². The van der Waals surface area contributed by atoms with E-state index < -0.39 is 11.9 Å². The fourth-order valence-electron chi connectivity index (χ4n) is 3.18. The summed E-state index contributed by atoms with van der Waals surface area (Å²) in [6.07, 6.45) is 4.80. The molecule has 1 aliphatic rings. The van der Waals surface area contributed by atoms with Crippen LogP contribution in [-0.2, 0) is 19.7 Å². The van der Waals surface area contributed by atoms with Gasteiger partial charge in [0, 0.05) is 26.2 Å². The van der Waals surface area contributed by atoms with Crippen molar-refractivity contribution in [2.75, 3.05) is 39.5 Å². The van der Waals surface area contributed by atoms with E-state index in [1.807, 2.05) is 0 Å². The zero-order valence-corrected chi connectivity index (χ0v) is 19.4. The van der Waals surface area contributed by atoms with Crippen LogP contribution in [0.4, 0.5) is 0 Å². The maximum Gasteiger partial charge on any atom is 0.414 e. The molecule has 0 radical (unpaired) electrons. The van der Waals surface area contributed by atoms with Crippen LogP contribution in [0.1, 0.15) is 58.9 Å². The van der Waals surface area contributed by atoms with Crippen molar-refractivity contribution in [3.63, 3.8) is 0 Å². The van der Waals surface area contributed by atoms with E-state index in [2.05, 4.69) is 56.9 Å². The highest BCUT2D eigenvalue weighted by atomic mass is 16.5. The largest absolute Gasteiger partial charge is 0.494 e. The van der Waals surface area contributed by atoms with Gasteiger partial charge in [0.2, 0.25) is 0 Å². The van der Waals surface area contributed by atoms with E-state index in [0.717, 1.165) is 44.3 Å². The van der Waals surface area contributed by atoms with Gasteiger partial charge in [0.1, 0.15) is 5.75 Å². The van der Waals surface area contributed by atoms with Crippen molar-refractivity contribution in [1.29, 1.82) is 0 Å². The second-order valence-electron chi connectivity index (χ2n) is 9.08. The molecule has 1 heterocycles. The average molecular weight is 438 g/mol. The number of benzene rings is 1. The van der Waals surface area contributed by atoms with E-state index in [1.165, 1.54) is 38.0 Å². The highest BCUT2D eigenvalue weighted by Crippen LogP contribution is 2.24. The predicted octanol–water partition coefficient (Wildman–Crippen LogP) is 4.05. The van der Waals surface area contributed by atoms with Gasteiger partial charge in [-0.05, 0) is 61.4 Å². The molecule has 0 unspecified atom stereocenters. The zero-order chi connectivity index (χ0) is 23.3. The summed E-state index contributed by atoms with van der Waals surface area (Å²) in [6.45, 7) is 15.1. The van der Waals surface area contributed by atoms with Gasteiger partial charge in [-0.2, -0.15) is 0 Å². The van der Waals surface area contributed by atoms with Crippen molar-refractivity contribution < 1.29 is 29.3 Å². The summed E-state index contributed by atoms with van der Waals surface area (Å²) in [5, 5.41) is 14.8. The van der Waals surface area contributed by atoms with Gasteiger partial charge in [0.15, 0.2) is 0 Å². The van der Waals surface area contributed by atoms with Crippen molar-refractivity contribution in [3.05, 3.63) is 29.8 Å². The van der Waals surface area contributed by atoms with Crippen LogP contribution in [0.3, 0.4) is 0 Å². The van der Waals surface area contributed by atoms with Crippen LogP contribution < -0.4 is 4.74 Å². The molecular weight excluding hydrogens is 398 g/mol. The zero-order valence-electron chi connectivity index (χ0n) is 19.4.